The second-order valence-electron chi connectivity index (χ2n) is 6.64. The molecular weight excluding hydrogens is 410 g/mol. The van der Waals surface area contributed by atoms with Gasteiger partial charge in [-0.25, -0.2) is 24.9 Å². The van der Waals surface area contributed by atoms with Crippen molar-refractivity contribution in [2.24, 2.45) is 10.7 Å². The third-order valence-electron chi connectivity index (χ3n) is 4.40. The molecule has 0 saturated heterocycles. The van der Waals surface area contributed by atoms with Crippen molar-refractivity contribution in [1.29, 1.82) is 5.26 Å². The van der Waals surface area contributed by atoms with Crippen LogP contribution in [-0.2, 0) is 11.2 Å². The summed E-state index contributed by atoms with van der Waals surface area (Å²) in [5, 5.41) is 12.1. The number of nitrogen functional groups attached to an aromatic ring is 1. The fourth-order valence-corrected chi connectivity index (χ4v) is 2.75. The Kier molecular flexibility index (Phi) is 7.69. The van der Waals surface area contributed by atoms with Crippen LogP contribution in [0.1, 0.15) is 17.7 Å². The van der Waals surface area contributed by atoms with Gasteiger partial charge in [-0.1, -0.05) is 12.1 Å². The van der Waals surface area contributed by atoms with Crippen LogP contribution in [0, 0.1) is 11.3 Å². The maximum atomic E-state index is 9.01. The molecule has 0 bridgehead atoms. The average molecular weight is 433 g/mol. The number of methoxy groups -OCH3 is 1. The molecule has 0 amide bonds. The van der Waals surface area contributed by atoms with Gasteiger partial charge < -0.3 is 26.3 Å². The van der Waals surface area contributed by atoms with Crippen LogP contribution in [0.15, 0.2) is 54.0 Å². The highest BCUT2D eigenvalue weighted by Gasteiger charge is 2.16. The molecule has 3 heterocycles. The van der Waals surface area contributed by atoms with Crippen LogP contribution in [0.3, 0.4) is 0 Å². The van der Waals surface area contributed by atoms with Crippen molar-refractivity contribution < 1.29 is 9.47 Å². The van der Waals surface area contributed by atoms with E-state index in [-0.39, 0.29) is 23.7 Å². The maximum absolute atomic E-state index is 9.01. The summed E-state index contributed by atoms with van der Waals surface area (Å²) in [5.41, 5.74) is 13.0. The summed E-state index contributed by atoms with van der Waals surface area (Å²) in [6.07, 6.45) is 7.88. The summed E-state index contributed by atoms with van der Waals surface area (Å²) >= 11 is 0. The second kappa shape index (κ2) is 11.1. The number of ether oxygens (including phenoxy) is 2. The first-order valence-corrected chi connectivity index (χ1v) is 9.72. The lowest BCUT2D eigenvalue weighted by molar-refractivity contribution is 0.308. The zero-order chi connectivity index (χ0) is 22.8. The van der Waals surface area contributed by atoms with Gasteiger partial charge in [0.2, 0.25) is 5.95 Å². The lowest BCUT2D eigenvalue weighted by Crippen LogP contribution is -2.10. The van der Waals surface area contributed by atoms with E-state index < -0.39 is 0 Å². The molecule has 0 unspecified atom stereocenters. The molecule has 0 spiro atoms. The van der Waals surface area contributed by atoms with Crippen LogP contribution < -0.4 is 21.5 Å². The van der Waals surface area contributed by atoms with Crippen molar-refractivity contribution >= 4 is 23.5 Å². The molecule has 2 aromatic heterocycles. The van der Waals surface area contributed by atoms with Gasteiger partial charge in [-0.05, 0) is 30.5 Å². The van der Waals surface area contributed by atoms with Crippen LogP contribution in [0.25, 0.3) is 0 Å². The highest BCUT2D eigenvalue weighted by atomic mass is 16.5. The number of benzene rings is 1. The molecule has 1 aromatic carbocycles. The number of aryl methyl sites for hydroxylation is 1. The van der Waals surface area contributed by atoms with Gasteiger partial charge in [-0.2, -0.15) is 5.26 Å². The summed E-state index contributed by atoms with van der Waals surface area (Å²) < 4.78 is 9.93. The molecule has 1 aliphatic heterocycles. The molecule has 4 rings (SSSR count). The molecule has 1 aliphatic rings. The summed E-state index contributed by atoms with van der Waals surface area (Å²) in [4.78, 5) is 19.7. The average Bonchev–Trinajstić information content (AvgIpc) is 3.25. The van der Waals surface area contributed by atoms with E-state index in [1.165, 1.54) is 24.2 Å². The second-order valence-corrected chi connectivity index (χ2v) is 6.64. The Hall–Kier alpha value is -4.46. The Labute approximate surface area is 185 Å². The third kappa shape index (κ3) is 6.53. The number of hydrogen-bond donors (Lipinski definition) is 3. The van der Waals surface area contributed by atoms with Crippen LogP contribution in [0.4, 0.5) is 17.5 Å². The summed E-state index contributed by atoms with van der Waals surface area (Å²) in [6, 6.07) is 10.4. The molecule has 3 aromatic rings. The number of anilines is 3. The normalized spacial score (nSPS) is 14.2. The minimum absolute atomic E-state index is 0.144. The molecule has 0 fully saturated rings. The number of amidine groups is 1. The zero-order valence-electron chi connectivity index (χ0n) is 17.5. The van der Waals surface area contributed by atoms with E-state index in [0.717, 1.165) is 18.5 Å². The molecular formula is C21H23N9O2. The predicted molar refractivity (Wildman–Crippen MR) is 119 cm³/mol. The van der Waals surface area contributed by atoms with E-state index in [1.54, 1.807) is 13.3 Å². The summed E-state index contributed by atoms with van der Waals surface area (Å²) in [5.74, 6) is 1.33. The number of nitriles is 1. The van der Waals surface area contributed by atoms with E-state index in [9.17, 15) is 0 Å². The SMILES string of the molecule is COc1cnc(N)nc1.N#Cc1nccnc1Nc1ccc(CC[C@H]2COC(N)=N2)cc1. The molecule has 11 heteroatoms. The Bertz CT molecular complexity index is 1080. The van der Waals surface area contributed by atoms with Crippen LogP contribution in [0.2, 0.25) is 0 Å². The highest BCUT2D eigenvalue weighted by molar-refractivity contribution is 5.73. The minimum Gasteiger partial charge on any atom is -0.494 e. The number of aromatic nitrogens is 4. The smallest absolute Gasteiger partial charge is 0.282 e. The highest BCUT2D eigenvalue weighted by Crippen LogP contribution is 2.18. The van der Waals surface area contributed by atoms with Crippen molar-refractivity contribution in [1.82, 2.24) is 19.9 Å². The third-order valence-corrected chi connectivity index (χ3v) is 4.40. The Balaban J connectivity index is 0.000000269. The first-order valence-electron chi connectivity index (χ1n) is 9.72. The van der Waals surface area contributed by atoms with Crippen molar-refractivity contribution in [2.75, 3.05) is 24.8 Å². The standard InChI is InChI=1S/C16H16N6O.C5H7N3O/c17-9-14-15(20-8-7-19-14)21-12-4-1-11(2-5-12)3-6-13-10-23-16(18)22-13;1-9-4-2-7-5(6)8-3-4/h1-2,4-5,7-8,13H,3,6,10H2,(H2,18,22)(H,20,21);2-3H,1H3,(H2,6,7,8)/t13-;/m0./s1. The van der Waals surface area contributed by atoms with Gasteiger partial charge in [-0.3, -0.25) is 0 Å². The summed E-state index contributed by atoms with van der Waals surface area (Å²) in [7, 11) is 1.55. The van der Waals surface area contributed by atoms with Crippen LogP contribution >= 0.6 is 0 Å². The van der Waals surface area contributed by atoms with Gasteiger partial charge >= 0.3 is 0 Å². The largest absolute Gasteiger partial charge is 0.494 e. The monoisotopic (exact) mass is 433 g/mol. The fourth-order valence-electron chi connectivity index (χ4n) is 2.75. The van der Waals surface area contributed by atoms with E-state index in [1.807, 2.05) is 30.3 Å². The summed E-state index contributed by atoms with van der Waals surface area (Å²) in [6.45, 7) is 0.565. The van der Waals surface area contributed by atoms with E-state index in [2.05, 4.69) is 30.2 Å². The number of rotatable bonds is 6. The van der Waals surface area contributed by atoms with Gasteiger partial charge in [0.05, 0.1) is 25.5 Å². The minimum atomic E-state index is 0.144. The molecule has 0 saturated carbocycles. The lowest BCUT2D eigenvalue weighted by atomic mass is 10.1. The molecule has 11 nitrogen and oxygen atoms in total. The molecule has 164 valence electrons. The number of nitrogens with two attached hydrogens (primary N) is 2. The van der Waals surface area contributed by atoms with Gasteiger partial charge in [-0.15, -0.1) is 0 Å². The maximum Gasteiger partial charge on any atom is 0.282 e. The lowest BCUT2D eigenvalue weighted by Gasteiger charge is -2.08. The fraction of sp³-hybridized carbons (Fsp3) is 0.238. The predicted octanol–water partition coefficient (Wildman–Crippen LogP) is 1.81. The van der Waals surface area contributed by atoms with Crippen molar-refractivity contribution in [3.63, 3.8) is 0 Å². The van der Waals surface area contributed by atoms with Gasteiger partial charge in [0, 0.05) is 18.1 Å². The zero-order valence-corrected chi connectivity index (χ0v) is 17.5. The number of nitrogens with zero attached hydrogens (tertiary/aromatic N) is 6. The van der Waals surface area contributed by atoms with Gasteiger partial charge in [0.15, 0.2) is 17.3 Å². The van der Waals surface area contributed by atoms with Crippen molar-refractivity contribution in [3.8, 4) is 11.8 Å². The van der Waals surface area contributed by atoms with Crippen molar-refractivity contribution in [3.05, 3.63) is 60.3 Å². The molecule has 0 radical (unpaired) electrons. The quantitative estimate of drug-likeness (QED) is 0.520. The van der Waals surface area contributed by atoms with Gasteiger partial charge in [0.25, 0.3) is 6.02 Å². The van der Waals surface area contributed by atoms with Crippen LogP contribution in [0.5, 0.6) is 5.75 Å². The van der Waals surface area contributed by atoms with Crippen LogP contribution in [-0.4, -0.2) is 45.7 Å². The van der Waals surface area contributed by atoms with Gasteiger partial charge in [0.1, 0.15) is 12.7 Å². The van der Waals surface area contributed by atoms with E-state index in [4.69, 9.17) is 26.2 Å². The molecule has 1 atom stereocenters. The molecule has 0 aliphatic carbocycles. The van der Waals surface area contributed by atoms with E-state index in [0.29, 0.717) is 18.2 Å². The topological polar surface area (TPSA) is 170 Å². The Morgan fingerprint density at radius 3 is 2.47 bits per heavy atom. The molecule has 32 heavy (non-hydrogen) atoms. The van der Waals surface area contributed by atoms with Crippen molar-refractivity contribution in [2.45, 2.75) is 18.9 Å². The van der Waals surface area contributed by atoms with E-state index >= 15 is 0 Å². The Morgan fingerprint density at radius 1 is 1.12 bits per heavy atom. The number of nitrogens with one attached hydrogen (secondary N) is 1. The molecule has 5 N–H and O–H groups in total. The first kappa shape index (κ1) is 22.2. The first-order chi connectivity index (χ1) is 15.6. The number of aliphatic imine (C=N–C) groups is 1. The Morgan fingerprint density at radius 2 is 1.84 bits per heavy atom. The number of hydrogen-bond acceptors (Lipinski definition) is 11.